The Kier molecular flexibility index (Phi) is 4.01. The molecule has 0 saturated carbocycles. The van der Waals surface area contributed by atoms with Crippen molar-refractivity contribution in [2.24, 2.45) is 16.5 Å². The van der Waals surface area contributed by atoms with E-state index in [-0.39, 0.29) is 0 Å². The molecule has 1 fully saturated rings. The summed E-state index contributed by atoms with van der Waals surface area (Å²) in [6, 6.07) is -0.908. The average molecular weight is 234 g/mol. The van der Waals surface area contributed by atoms with Crippen molar-refractivity contribution in [2.45, 2.75) is 24.5 Å². The highest BCUT2D eigenvalue weighted by molar-refractivity contribution is 5.90. The van der Waals surface area contributed by atoms with E-state index in [2.05, 4.69) is 10.3 Å². The van der Waals surface area contributed by atoms with Crippen LogP contribution in [0, 0.1) is 0 Å². The molecular formula is C7H14N4O5. The molecule has 1 aliphatic rings. The molecule has 92 valence electrons. The molecule has 1 rings (SSSR count). The average Bonchev–Trinajstić information content (AvgIpc) is 2.44. The van der Waals surface area contributed by atoms with E-state index in [1.54, 1.807) is 0 Å². The Morgan fingerprint density at radius 2 is 2.00 bits per heavy atom. The fourth-order valence-electron chi connectivity index (χ4n) is 1.29. The predicted molar refractivity (Wildman–Crippen MR) is 52.1 cm³/mol. The maximum atomic E-state index is 11.1. The van der Waals surface area contributed by atoms with Crippen LogP contribution in [0.4, 0.5) is 4.79 Å². The molecule has 9 nitrogen and oxygen atoms in total. The van der Waals surface area contributed by atoms with E-state index in [0.29, 0.717) is 0 Å². The SMILES string of the molecule is NC(N)=NC(=O)N[C@@H]1O[C@H](CO)[C@H](O)[C@H]1O. The number of ether oxygens (including phenoxy) is 1. The molecule has 9 heteroatoms. The molecule has 1 heterocycles. The predicted octanol–water partition coefficient (Wildman–Crippen LogP) is -3.59. The highest BCUT2D eigenvalue weighted by Crippen LogP contribution is 2.19. The van der Waals surface area contributed by atoms with Crippen LogP contribution < -0.4 is 16.8 Å². The van der Waals surface area contributed by atoms with Gasteiger partial charge in [-0.05, 0) is 0 Å². The third-order valence-electron chi connectivity index (χ3n) is 2.04. The van der Waals surface area contributed by atoms with E-state index < -0.39 is 43.1 Å². The molecule has 0 aromatic carbocycles. The van der Waals surface area contributed by atoms with E-state index in [9.17, 15) is 15.0 Å². The molecule has 4 atom stereocenters. The lowest BCUT2D eigenvalue weighted by Crippen LogP contribution is -2.43. The van der Waals surface area contributed by atoms with Crippen molar-refractivity contribution in [3.05, 3.63) is 0 Å². The van der Waals surface area contributed by atoms with E-state index >= 15 is 0 Å². The van der Waals surface area contributed by atoms with Gasteiger partial charge in [-0.15, -0.1) is 0 Å². The first-order chi connectivity index (χ1) is 7.45. The van der Waals surface area contributed by atoms with Crippen LogP contribution in [0.3, 0.4) is 0 Å². The number of nitrogens with two attached hydrogens (primary N) is 2. The summed E-state index contributed by atoms with van der Waals surface area (Å²) in [6.07, 6.45) is -4.76. The lowest BCUT2D eigenvalue weighted by atomic mass is 10.1. The Hall–Kier alpha value is -1.42. The summed E-state index contributed by atoms with van der Waals surface area (Å²) >= 11 is 0. The summed E-state index contributed by atoms with van der Waals surface area (Å²) in [4.78, 5) is 14.2. The molecule has 0 unspecified atom stereocenters. The zero-order valence-electron chi connectivity index (χ0n) is 8.28. The second-order valence-electron chi connectivity index (χ2n) is 3.25. The van der Waals surface area contributed by atoms with Crippen LogP contribution in [-0.2, 0) is 4.74 Å². The number of nitrogens with zero attached hydrogens (tertiary/aromatic N) is 1. The van der Waals surface area contributed by atoms with Crippen molar-refractivity contribution in [3.63, 3.8) is 0 Å². The van der Waals surface area contributed by atoms with Gasteiger partial charge in [0.2, 0.25) is 0 Å². The number of aliphatic hydroxyl groups is 3. The van der Waals surface area contributed by atoms with Gasteiger partial charge in [0.05, 0.1) is 6.61 Å². The minimum absolute atomic E-state index is 0.441. The summed E-state index contributed by atoms with van der Waals surface area (Å²) in [6.45, 7) is -0.479. The second-order valence-corrected chi connectivity index (χ2v) is 3.25. The van der Waals surface area contributed by atoms with Gasteiger partial charge in [0.1, 0.15) is 18.3 Å². The van der Waals surface area contributed by atoms with Crippen LogP contribution in [0.1, 0.15) is 0 Å². The van der Waals surface area contributed by atoms with Crippen molar-refractivity contribution in [1.29, 1.82) is 0 Å². The Labute approximate surface area is 90.7 Å². The Bertz CT molecular complexity index is 293. The minimum atomic E-state index is -1.35. The first-order valence-corrected chi connectivity index (χ1v) is 4.48. The van der Waals surface area contributed by atoms with E-state index in [1.807, 2.05) is 0 Å². The van der Waals surface area contributed by atoms with Crippen LogP contribution in [-0.4, -0.2) is 58.5 Å². The Morgan fingerprint density at radius 3 is 2.44 bits per heavy atom. The number of urea groups is 1. The number of guanidine groups is 1. The summed E-state index contributed by atoms with van der Waals surface area (Å²) in [7, 11) is 0. The third-order valence-corrected chi connectivity index (χ3v) is 2.04. The van der Waals surface area contributed by atoms with Crippen molar-refractivity contribution in [2.75, 3.05) is 6.61 Å². The quantitative estimate of drug-likeness (QED) is 0.212. The first kappa shape index (κ1) is 12.6. The molecule has 0 aliphatic carbocycles. The topological polar surface area (TPSA) is 163 Å². The number of aliphatic hydroxyl groups excluding tert-OH is 3. The van der Waals surface area contributed by atoms with Crippen molar-refractivity contribution in [1.82, 2.24) is 5.32 Å². The summed E-state index contributed by atoms with van der Waals surface area (Å²) in [5, 5.41) is 29.7. The number of nitrogens with one attached hydrogen (secondary N) is 1. The zero-order valence-corrected chi connectivity index (χ0v) is 8.28. The molecule has 1 aliphatic heterocycles. The molecule has 0 spiro atoms. The molecule has 0 aromatic heterocycles. The number of rotatable bonds is 2. The summed E-state index contributed by atoms with van der Waals surface area (Å²) in [5.74, 6) is -0.441. The third kappa shape index (κ3) is 2.79. The van der Waals surface area contributed by atoms with Gasteiger partial charge in [-0.3, -0.25) is 0 Å². The molecular weight excluding hydrogens is 220 g/mol. The molecule has 16 heavy (non-hydrogen) atoms. The summed E-state index contributed by atoms with van der Waals surface area (Å²) in [5.41, 5.74) is 9.91. The molecule has 1 saturated heterocycles. The highest BCUT2D eigenvalue weighted by atomic mass is 16.6. The fourth-order valence-corrected chi connectivity index (χ4v) is 1.29. The van der Waals surface area contributed by atoms with Crippen LogP contribution in [0.25, 0.3) is 0 Å². The normalized spacial score (nSPS) is 33.4. The van der Waals surface area contributed by atoms with Gasteiger partial charge in [-0.25, -0.2) is 4.79 Å². The van der Waals surface area contributed by atoms with Gasteiger partial charge in [-0.1, -0.05) is 0 Å². The van der Waals surface area contributed by atoms with Crippen LogP contribution in [0.15, 0.2) is 4.99 Å². The monoisotopic (exact) mass is 234 g/mol. The van der Waals surface area contributed by atoms with Crippen molar-refractivity contribution in [3.8, 4) is 0 Å². The first-order valence-electron chi connectivity index (χ1n) is 4.48. The van der Waals surface area contributed by atoms with Gasteiger partial charge in [0, 0.05) is 0 Å². The molecule has 0 bridgehead atoms. The van der Waals surface area contributed by atoms with Gasteiger partial charge in [0.25, 0.3) is 0 Å². The van der Waals surface area contributed by atoms with Gasteiger partial charge in [0.15, 0.2) is 12.2 Å². The molecule has 0 radical (unpaired) electrons. The number of hydrogen-bond acceptors (Lipinski definition) is 5. The lowest BCUT2D eigenvalue weighted by molar-refractivity contribution is -0.0281. The van der Waals surface area contributed by atoms with Crippen molar-refractivity contribution < 1.29 is 24.9 Å². The van der Waals surface area contributed by atoms with Crippen LogP contribution in [0.2, 0.25) is 0 Å². The van der Waals surface area contributed by atoms with Crippen molar-refractivity contribution >= 4 is 12.0 Å². The number of hydrogen-bond donors (Lipinski definition) is 6. The largest absolute Gasteiger partial charge is 0.394 e. The Morgan fingerprint density at radius 1 is 1.38 bits per heavy atom. The molecule has 8 N–H and O–H groups in total. The van der Waals surface area contributed by atoms with Gasteiger partial charge < -0.3 is 36.8 Å². The maximum absolute atomic E-state index is 11.1. The van der Waals surface area contributed by atoms with E-state index in [4.69, 9.17) is 21.3 Å². The van der Waals surface area contributed by atoms with E-state index in [0.717, 1.165) is 0 Å². The summed E-state index contributed by atoms with van der Waals surface area (Å²) < 4.78 is 4.95. The minimum Gasteiger partial charge on any atom is -0.394 e. The van der Waals surface area contributed by atoms with Crippen LogP contribution in [0.5, 0.6) is 0 Å². The van der Waals surface area contributed by atoms with Gasteiger partial charge >= 0.3 is 6.03 Å². The standard InChI is InChI=1S/C7H14N4O5/c8-6(9)11-7(15)10-5-4(14)3(13)2(1-12)16-5/h2-5,12-14H,1H2,(H5,8,9,10,11,15)/t2-,3+,4-,5-/m1/s1. The van der Waals surface area contributed by atoms with E-state index in [1.165, 1.54) is 0 Å². The number of carbonyl (C=O) groups excluding carboxylic acids is 1. The van der Waals surface area contributed by atoms with Crippen LogP contribution >= 0.6 is 0 Å². The molecule has 0 aromatic rings. The fraction of sp³-hybridized carbons (Fsp3) is 0.714. The molecule has 2 amide bonds. The number of carbonyl (C=O) groups is 1. The second kappa shape index (κ2) is 5.07. The number of amides is 2. The number of aliphatic imine (C=N–C) groups is 1. The lowest BCUT2D eigenvalue weighted by Gasteiger charge is -2.14. The Balaban J connectivity index is 2.56. The zero-order chi connectivity index (χ0) is 12.3. The maximum Gasteiger partial charge on any atom is 0.346 e. The highest BCUT2D eigenvalue weighted by Gasteiger charge is 2.42. The smallest absolute Gasteiger partial charge is 0.346 e. The van der Waals surface area contributed by atoms with Gasteiger partial charge in [-0.2, -0.15) is 4.99 Å².